The average molecular weight is 170 g/mol. The largest absolute Gasteiger partial charge is 0.467 e. The third-order valence-electron chi connectivity index (χ3n) is 1.17. The lowest BCUT2D eigenvalue weighted by atomic mass is 10.3. The van der Waals surface area contributed by atoms with Gasteiger partial charge in [-0.25, -0.2) is 4.79 Å². The Balaban J connectivity index is 3.85. The van der Waals surface area contributed by atoms with Crippen LogP contribution >= 0.6 is 0 Å². The van der Waals surface area contributed by atoms with E-state index >= 15 is 0 Å². The highest BCUT2D eigenvalue weighted by molar-refractivity contribution is 5.84. The van der Waals surface area contributed by atoms with Gasteiger partial charge in [0, 0.05) is 0 Å². The highest BCUT2D eigenvalue weighted by atomic mass is 16.5. The fraction of sp³-hybridized carbons (Fsp3) is 0.571. The number of hydrogen-bond donors (Lipinski definition) is 1. The maximum atomic E-state index is 10.7. The van der Waals surface area contributed by atoms with Gasteiger partial charge in [-0.2, -0.15) is 5.26 Å². The molecular weight excluding hydrogens is 160 g/mol. The molecule has 0 rings (SSSR count). The van der Waals surface area contributed by atoms with Crippen LogP contribution in [-0.4, -0.2) is 25.0 Å². The molecule has 12 heavy (non-hydrogen) atoms. The normalized spacial score (nSPS) is 11.1. The summed E-state index contributed by atoms with van der Waals surface area (Å²) in [6.45, 7) is 1.49. The van der Waals surface area contributed by atoms with Crippen LogP contribution in [0.2, 0.25) is 0 Å². The fourth-order valence-electron chi connectivity index (χ4n) is 0.600. The molecule has 5 heteroatoms. The molecule has 0 bridgehead atoms. The van der Waals surface area contributed by atoms with E-state index in [0.717, 1.165) is 0 Å². The first-order chi connectivity index (χ1) is 5.61. The summed E-state index contributed by atoms with van der Waals surface area (Å²) >= 11 is 0. The number of esters is 1. The van der Waals surface area contributed by atoms with E-state index in [1.54, 1.807) is 6.07 Å². The summed E-state index contributed by atoms with van der Waals surface area (Å²) < 4.78 is 4.35. The topological polar surface area (TPSA) is 79.2 Å². The number of nitrogens with one attached hydrogen (secondary N) is 1. The summed E-state index contributed by atoms with van der Waals surface area (Å²) in [5.74, 6) is -1.00. The number of ether oxygens (including phenoxy) is 1. The molecule has 0 aromatic carbocycles. The van der Waals surface area contributed by atoms with Gasteiger partial charge in [-0.3, -0.25) is 4.79 Å². The van der Waals surface area contributed by atoms with E-state index < -0.39 is 17.9 Å². The number of nitrogens with zero attached hydrogens (tertiary/aromatic N) is 1. The Bertz CT molecular complexity index is 219. The molecule has 1 atom stereocenters. The highest BCUT2D eigenvalue weighted by Crippen LogP contribution is 1.86. The van der Waals surface area contributed by atoms with Crippen LogP contribution in [0.3, 0.4) is 0 Å². The third kappa shape index (κ3) is 3.56. The molecule has 0 aliphatic heterocycles. The predicted octanol–water partition coefficient (Wildman–Crippen LogP) is -0.422. The zero-order chi connectivity index (χ0) is 9.56. The number of hydrogen-bond acceptors (Lipinski definition) is 4. The minimum absolute atomic E-state index is 0.249. The second-order valence-corrected chi connectivity index (χ2v) is 2.15. The summed E-state index contributed by atoms with van der Waals surface area (Å²) in [4.78, 5) is 21.5. The number of amides is 1. The van der Waals surface area contributed by atoms with Crippen LogP contribution < -0.4 is 5.32 Å². The lowest BCUT2D eigenvalue weighted by Crippen LogP contribution is -2.38. The van der Waals surface area contributed by atoms with Crippen molar-refractivity contribution in [3.63, 3.8) is 0 Å². The van der Waals surface area contributed by atoms with E-state index in [1.807, 2.05) is 0 Å². The van der Waals surface area contributed by atoms with Gasteiger partial charge >= 0.3 is 5.97 Å². The van der Waals surface area contributed by atoms with Crippen molar-refractivity contribution in [1.82, 2.24) is 5.32 Å². The lowest BCUT2D eigenvalue weighted by molar-refractivity contribution is -0.144. The van der Waals surface area contributed by atoms with Crippen LogP contribution in [0.5, 0.6) is 0 Å². The van der Waals surface area contributed by atoms with Crippen molar-refractivity contribution in [3.05, 3.63) is 0 Å². The van der Waals surface area contributed by atoms with Gasteiger partial charge < -0.3 is 10.1 Å². The first-order valence-electron chi connectivity index (χ1n) is 3.36. The molecule has 0 heterocycles. The van der Waals surface area contributed by atoms with Crippen molar-refractivity contribution in [2.75, 3.05) is 7.11 Å². The van der Waals surface area contributed by atoms with Gasteiger partial charge in [-0.15, -0.1) is 0 Å². The summed E-state index contributed by atoms with van der Waals surface area (Å²) in [6, 6.07) is 0.967. The molecule has 1 amide bonds. The van der Waals surface area contributed by atoms with E-state index in [-0.39, 0.29) is 6.42 Å². The second kappa shape index (κ2) is 5.13. The summed E-state index contributed by atoms with van der Waals surface area (Å²) in [5.41, 5.74) is 0. The van der Waals surface area contributed by atoms with Crippen LogP contribution in [-0.2, 0) is 14.3 Å². The first kappa shape index (κ1) is 10.4. The van der Waals surface area contributed by atoms with Crippen LogP contribution in [0.25, 0.3) is 0 Å². The molecule has 0 aromatic heterocycles. The smallest absolute Gasteiger partial charge is 0.328 e. The zero-order valence-corrected chi connectivity index (χ0v) is 6.96. The van der Waals surface area contributed by atoms with Crippen molar-refractivity contribution in [2.45, 2.75) is 19.4 Å². The van der Waals surface area contributed by atoms with Gasteiger partial charge in [-0.1, -0.05) is 0 Å². The minimum atomic E-state index is -0.698. The molecule has 1 N–H and O–H groups in total. The molecule has 0 fully saturated rings. The van der Waals surface area contributed by atoms with E-state index in [9.17, 15) is 9.59 Å². The molecule has 0 spiro atoms. The Kier molecular flexibility index (Phi) is 4.46. The maximum Gasteiger partial charge on any atom is 0.328 e. The highest BCUT2D eigenvalue weighted by Gasteiger charge is 2.14. The number of nitriles is 1. The lowest BCUT2D eigenvalue weighted by Gasteiger charge is -2.09. The molecule has 0 radical (unpaired) electrons. The predicted molar refractivity (Wildman–Crippen MR) is 39.9 cm³/mol. The fourth-order valence-corrected chi connectivity index (χ4v) is 0.600. The Hall–Kier alpha value is -1.57. The van der Waals surface area contributed by atoms with Crippen LogP contribution in [0, 0.1) is 11.3 Å². The van der Waals surface area contributed by atoms with Crippen molar-refractivity contribution < 1.29 is 14.3 Å². The molecule has 0 aromatic rings. The quantitative estimate of drug-likeness (QED) is 0.583. The Labute approximate surface area is 70.3 Å². The van der Waals surface area contributed by atoms with Gasteiger partial charge in [0.15, 0.2) is 0 Å². The van der Waals surface area contributed by atoms with Gasteiger partial charge in [-0.05, 0) is 6.92 Å². The van der Waals surface area contributed by atoms with Crippen LogP contribution in [0.15, 0.2) is 0 Å². The first-order valence-corrected chi connectivity index (χ1v) is 3.36. The molecule has 5 nitrogen and oxygen atoms in total. The molecule has 0 saturated heterocycles. The van der Waals surface area contributed by atoms with E-state index in [1.165, 1.54) is 14.0 Å². The van der Waals surface area contributed by atoms with Crippen molar-refractivity contribution in [2.24, 2.45) is 0 Å². The van der Waals surface area contributed by atoms with E-state index in [2.05, 4.69) is 10.1 Å². The Morgan fingerprint density at radius 1 is 1.67 bits per heavy atom. The monoisotopic (exact) mass is 170 g/mol. The second-order valence-electron chi connectivity index (χ2n) is 2.15. The number of carbonyl (C=O) groups excluding carboxylic acids is 2. The van der Waals surface area contributed by atoms with Gasteiger partial charge in [0.2, 0.25) is 5.91 Å². The van der Waals surface area contributed by atoms with Crippen molar-refractivity contribution >= 4 is 11.9 Å². The summed E-state index contributed by atoms with van der Waals surface area (Å²) in [5, 5.41) is 10.4. The number of rotatable bonds is 3. The molecule has 0 saturated carbocycles. The number of methoxy groups -OCH3 is 1. The zero-order valence-electron chi connectivity index (χ0n) is 6.96. The SMILES string of the molecule is COC(=O)C(C)NC(=O)CC#N. The van der Waals surface area contributed by atoms with Crippen molar-refractivity contribution in [3.8, 4) is 6.07 Å². The molecule has 66 valence electrons. The molecule has 1 unspecified atom stereocenters. The summed E-state index contributed by atoms with van der Waals surface area (Å²) in [7, 11) is 1.23. The molecule has 0 aliphatic rings. The van der Waals surface area contributed by atoms with Gasteiger partial charge in [0.25, 0.3) is 0 Å². The summed E-state index contributed by atoms with van der Waals surface area (Å²) in [6.07, 6.45) is -0.249. The maximum absolute atomic E-state index is 10.7. The van der Waals surface area contributed by atoms with Gasteiger partial charge in [0.05, 0.1) is 13.2 Å². The minimum Gasteiger partial charge on any atom is -0.467 e. The van der Waals surface area contributed by atoms with Crippen LogP contribution in [0.1, 0.15) is 13.3 Å². The van der Waals surface area contributed by atoms with E-state index in [4.69, 9.17) is 5.26 Å². The molecule has 0 aliphatic carbocycles. The number of carbonyl (C=O) groups is 2. The van der Waals surface area contributed by atoms with Crippen molar-refractivity contribution in [1.29, 1.82) is 5.26 Å². The van der Waals surface area contributed by atoms with Crippen LogP contribution in [0.4, 0.5) is 0 Å². The van der Waals surface area contributed by atoms with Gasteiger partial charge in [0.1, 0.15) is 12.5 Å². The Morgan fingerprint density at radius 3 is 2.67 bits per heavy atom. The Morgan fingerprint density at radius 2 is 2.25 bits per heavy atom. The third-order valence-corrected chi connectivity index (χ3v) is 1.17. The standard InChI is InChI=1S/C7H10N2O3/c1-5(7(11)12-2)9-6(10)3-4-8/h5H,3H2,1-2H3,(H,9,10). The molecular formula is C7H10N2O3. The average Bonchev–Trinajstić information content (AvgIpc) is 2.03. The van der Waals surface area contributed by atoms with E-state index in [0.29, 0.717) is 0 Å².